The molecule has 2 heteroatoms. The molecule has 0 nitrogen and oxygen atoms in total. The van der Waals surface area contributed by atoms with Crippen LogP contribution in [0.25, 0.3) is 0 Å². The first-order valence-electron chi connectivity index (χ1n) is 11.0. The SMILES string of the molecule is CCC(C)(CP(c1ccccc1)c1ccccc1)P(c1ccccc1)c1ccccc1. The highest BCUT2D eigenvalue weighted by Gasteiger charge is 2.37. The molecule has 0 bridgehead atoms. The van der Waals surface area contributed by atoms with Crippen molar-refractivity contribution in [1.29, 1.82) is 0 Å². The Bertz CT molecular complexity index is 970. The maximum atomic E-state index is 2.53. The molecule has 0 aromatic heterocycles. The molecule has 0 saturated carbocycles. The summed E-state index contributed by atoms with van der Waals surface area (Å²) in [4.78, 5) is 0. The molecule has 31 heavy (non-hydrogen) atoms. The van der Waals surface area contributed by atoms with Crippen LogP contribution in [-0.4, -0.2) is 11.3 Å². The van der Waals surface area contributed by atoms with E-state index in [1.165, 1.54) is 27.4 Å². The summed E-state index contributed by atoms with van der Waals surface area (Å²) in [6.07, 6.45) is 2.34. The summed E-state index contributed by atoms with van der Waals surface area (Å²) in [5, 5.41) is 6.09. The molecule has 4 aromatic rings. The molecule has 0 spiro atoms. The van der Waals surface area contributed by atoms with Crippen molar-refractivity contribution < 1.29 is 0 Å². The van der Waals surface area contributed by atoms with Crippen molar-refractivity contribution in [2.45, 2.75) is 25.4 Å². The van der Waals surface area contributed by atoms with Gasteiger partial charge < -0.3 is 0 Å². The van der Waals surface area contributed by atoms with E-state index in [9.17, 15) is 0 Å². The van der Waals surface area contributed by atoms with E-state index >= 15 is 0 Å². The Hall–Kier alpha value is -2.26. The van der Waals surface area contributed by atoms with Crippen LogP contribution in [0.1, 0.15) is 20.3 Å². The summed E-state index contributed by atoms with van der Waals surface area (Å²) in [6.45, 7) is 4.91. The van der Waals surface area contributed by atoms with Crippen LogP contribution in [-0.2, 0) is 0 Å². The zero-order valence-electron chi connectivity index (χ0n) is 18.4. The van der Waals surface area contributed by atoms with Crippen LogP contribution in [0.5, 0.6) is 0 Å². The maximum Gasteiger partial charge on any atom is -0.00000515 e. The average Bonchev–Trinajstić information content (AvgIpc) is 2.85. The molecule has 0 saturated heterocycles. The van der Waals surface area contributed by atoms with Crippen molar-refractivity contribution >= 4 is 37.1 Å². The first-order valence-corrected chi connectivity index (χ1v) is 13.9. The van der Waals surface area contributed by atoms with E-state index in [1.807, 2.05) is 0 Å². The van der Waals surface area contributed by atoms with Gasteiger partial charge in [0.15, 0.2) is 0 Å². The molecular weight excluding hydrogens is 410 g/mol. The van der Waals surface area contributed by atoms with Gasteiger partial charge in [-0.2, -0.15) is 0 Å². The third kappa shape index (κ3) is 5.15. The summed E-state index contributed by atoms with van der Waals surface area (Å²) in [6, 6.07) is 44.7. The Morgan fingerprint density at radius 3 is 1.16 bits per heavy atom. The van der Waals surface area contributed by atoms with Crippen molar-refractivity contribution in [3.05, 3.63) is 121 Å². The van der Waals surface area contributed by atoms with Crippen LogP contribution in [0.15, 0.2) is 121 Å². The van der Waals surface area contributed by atoms with E-state index in [2.05, 4.69) is 135 Å². The topological polar surface area (TPSA) is 0 Å². The van der Waals surface area contributed by atoms with Crippen molar-refractivity contribution in [1.82, 2.24) is 0 Å². The molecule has 0 fully saturated rings. The van der Waals surface area contributed by atoms with Crippen LogP contribution < -0.4 is 21.2 Å². The van der Waals surface area contributed by atoms with Gasteiger partial charge in [-0.15, -0.1) is 0 Å². The molecular formula is C29H30P2. The lowest BCUT2D eigenvalue weighted by Gasteiger charge is -2.41. The first kappa shape index (κ1) is 22.0. The smallest absolute Gasteiger partial charge is 0.00000515 e. The van der Waals surface area contributed by atoms with E-state index in [-0.39, 0.29) is 5.16 Å². The largest absolute Gasteiger partial charge is 0.0645 e. The lowest BCUT2D eigenvalue weighted by Crippen LogP contribution is -2.36. The molecule has 0 aliphatic rings. The molecule has 0 aliphatic heterocycles. The molecule has 4 rings (SSSR count). The minimum atomic E-state index is -0.493. The van der Waals surface area contributed by atoms with Gasteiger partial charge in [0, 0.05) is 0 Å². The van der Waals surface area contributed by atoms with E-state index in [0.717, 1.165) is 6.42 Å². The standard InChI is InChI=1S/C29H30P2/c1-3-29(2,31(27-20-12-6-13-21-27)28-22-14-7-15-23-28)24-30(25-16-8-4-9-17-25)26-18-10-5-11-19-26/h4-23H,3,24H2,1-2H3. The molecule has 4 aromatic carbocycles. The average molecular weight is 441 g/mol. The lowest BCUT2D eigenvalue weighted by atomic mass is 10.1. The van der Waals surface area contributed by atoms with Crippen molar-refractivity contribution in [3.63, 3.8) is 0 Å². The second kappa shape index (κ2) is 10.4. The third-order valence-corrected chi connectivity index (χ3v) is 12.3. The molecule has 156 valence electrons. The van der Waals surface area contributed by atoms with Crippen LogP contribution in [0.3, 0.4) is 0 Å². The Kier molecular flexibility index (Phi) is 7.34. The van der Waals surface area contributed by atoms with Gasteiger partial charge in [0.2, 0.25) is 0 Å². The summed E-state index contributed by atoms with van der Waals surface area (Å²) in [5.41, 5.74) is 0. The normalized spacial score (nSPS) is 13.3. The van der Waals surface area contributed by atoms with Crippen LogP contribution in [0, 0.1) is 0 Å². The summed E-state index contributed by atoms with van der Waals surface area (Å²) < 4.78 is 0. The summed E-state index contributed by atoms with van der Waals surface area (Å²) >= 11 is 0. The monoisotopic (exact) mass is 440 g/mol. The molecule has 0 N–H and O–H groups in total. The van der Waals surface area contributed by atoms with Gasteiger partial charge in [-0.05, 0) is 54.8 Å². The van der Waals surface area contributed by atoms with Gasteiger partial charge in [0.1, 0.15) is 0 Å². The first-order chi connectivity index (χ1) is 15.2. The van der Waals surface area contributed by atoms with Gasteiger partial charge >= 0.3 is 0 Å². The number of benzene rings is 4. The maximum absolute atomic E-state index is 2.53. The molecule has 1 atom stereocenters. The van der Waals surface area contributed by atoms with E-state index in [0.29, 0.717) is 0 Å². The lowest BCUT2D eigenvalue weighted by molar-refractivity contribution is 0.685. The molecule has 1 unspecified atom stereocenters. The van der Waals surface area contributed by atoms with Crippen LogP contribution in [0.2, 0.25) is 0 Å². The van der Waals surface area contributed by atoms with E-state index < -0.39 is 15.8 Å². The third-order valence-electron chi connectivity index (χ3n) is 5.96. The highest BCUT2D eigenvalue weighted by molar-refractivity contribution is 7.77. The van der Waals surface area contributed by atoms with Gasteiger partial charge in [-0.1, -0.05) is 135 Å². The van der Waals surface area contributed by atoms with Gasteiger partial charge in [-0.25, -0.2) is 0 Å². The fourth-order valence-corrected chi connectivity index (χ4v) is 10.6. The fraction of sp³-hybridized carbons (Fsp3) is 0.172. The zero-order chi connectivity index (χ0) is 21.5. The van der Waals surface area contributed by atoms with E-state index in [4.69, 9.17) is 0 Å². The Labute approximate surface area is 189 Å². The Balaban J connectivity index is 1.81. The number of hydrogen-bond donors (Lipinski definition) is 0. The summed E-state index contributed by atoms with van der Waals surface area (Å²) in [5.74, 6) is 0. The van der Waals surface area contributed by atoms with Crippen molar-refractivity contribution in [2.24, 2.45) is 0 Å². The predicted molar refractivity (Wildman–Crippen MR) is 142 cm³/mol. The van der Waals surface area contributed by atoms with Gasteiger partial charge in [0.05, 0.1) is 0 Å². The summed E-state index contributed by atoms with van der Waals surface area (Å²) in [7, 11) is -0.935. The van der Waals surface area contributed by atoms with Crippen LogP contribution in [0.4, 0.5) is 0 Å². The zero-order valence-corrected chi connectivity index (χ0v) is 20.1. The quantitative estimate of drug-likeness (QED) is 0.277. The highest BCUT2D eigenvalue weighted by Crippen LogP contribution is 2.55. The number of hydrogen-bond acceptors (Lipinski definition) is 0. The van der Waals surface area contributed by atoms with Gasteiger partial charge in [0.25, 0.3) is 0 Å². The second-order valence-corrected chi connectivity index (χ2v) is 13.1. The minimum Gasteiger partial charge on any atom is -0.0645 e. The molecule has 0 radical (unpaired) electrons. The van der Waals surface area contributed by atoms with Crippen molar-refractivity contribution in [2.75, 3.05) is 6.16 Å². The Morgan fingerprint density at radius 2 is 0.839 bits per heavy atom. The second-order valence-electron chi connectivity index (χ2n) is 8.11. The minimum absolute atomic E-state index is 0.190. The van der Waals surface area contributed by atoms with Crippen molar-refractivity contribution in [3.8, 4) is 0 Å². The molecule has 0 amide bonds. The number of rotatable bonds is 8. The molecule has 0 heterocycles. The van der Waals surface area contributed by atoms with E-state index in [1.54, 1.807) is 0 Å². The highest BCUT2D eigenvalue weighted by atomic mass is 31.1. The fourth-order valence-electron chi connectivity index (χ4n) is 4.16. The van der Waals surface area contributed by atoms with Crippen LogP contribution >= 0.6 is 15.8 Å². The molecule has 0 aliphatic carbocycles. The Morgan fingerprint density at radius 1 is 0.516 bits per heavy atom. The predicted octanol–water partition coefficient (Wildman–Crippen LogP) is 6.42. The van der Waals surface area contributed by atoms with Gasteiger partial charge in [-0.3, -0.25) is 0 Å².